The van der Waals surface area contributed by atoms with E-state index in [2.05, 4.69) is 4.99 Å². The Bertz CT molecular complexity index is 256. The Kier molecular flexibility index (Phi) is 4.01. The molecule has 0 aromatic heterocycles. The highest BCUT2D eigenvalue weighted by atomic mass is 19.4. The molecule has 0 amide bonds. The Balaban J connectivity index is 2.49. The fourth-order valence-corrected chi connectivity index (χ4v) is 1.69. The van der Waals surface area contributed by atoms with Crippen LogP contribution in [0.2, 0.25) is 0 Å². The lowest BCUT2D eigenvalue weighted by molar-refractivity contribution is -0.181. The summed E-state index contributed by atoms with van der Waals surface area (Å²) in [6, 6.07) is -1.39. The van der Waals surface area contributed by atoms with Crippen molar-refractivity contribution in [1.29, 1.82) is 0 Å². The zero-order chi connectivity index (χ0) is 12.3. The molecular weight excluding hydrogens is 221 g/mol. The summed E-state index contributed by atoms with van der Waals surface area (Å²) in [6.07, 6.45) is -4.16. The zero-order valence-electron chi connectivity index (χ0n) is 9.46. The maximum atomic E-state index is 12.5. The first-order valence-corrected chi connectivity index (χ1v) is 5.14. The van der Waals surface area contributed by atoms with Gasteiger partial charge >= 0.3 is 6.18 Å². The monoisotopic (exact) mass is 238 g/mol. The fraction of sp³-hybridized carbons (Fsp3) is 0.889. The van der Waals surface area contributed by atoms with Gasteiger partial charge in [-0.1, -0.05) is 0 Å². The first kappa shape index (κ1) is 13.1. The minimum atomic E-state index is -4.16. The standard InChI is InChI=1S/C9H17F3N4/c1-7(9(10,11)12)15-3-5-16(6-4-15)8(13)14-2/h7H,3-6H2,1-2H3,(H2,13,14). The van der Waals surface area contributed by atoms with Gasteiger partial charge in [-0.25, -0.2) is 0 Å². The topological polar surface area (TPSA) is 44.9 Å². The third-order valence-electron chi connectivity index (χ3n) is 2.89. The lowest BCUT2D eigenvalue weighted by Crippen LogP contribution is -2.56. The van der Waals surface area contributed by atoms with Crippen molar-refractivity contribution in [3.63, 3.8) is 0 Å². The molecule has 0 aromatic carbocycles. The number of aliphatic imine (C=N–C) groups is 1. The summed E-state index contributed by atoms with van der Waals surface area (Å²) >= 11 is 0. The lowest BCUT2D eigenvalue weighted by Gasteiger charge is -2.38. The van der Waals surface area contributed by atoms with E-state index in [1.54, 1.807) is 11.9 Å². The van der Waals surface area contributed by atoms with Crippen molar-refractivity contribution in [3.05, 3.63) is 0 Å². The first-order valence-electron chi connectivity index (χ1n) is 5.14. The molecule has 1 aliphatic heterocycles. The molecule has 2 N–H and O–H groups in total. The van der Waals surface area contributed by atoms with Crippen molar-refractivity contribution in [3.8, 4) is 0 Å². The second-order valence-corrected chi connectivity index (χ2v) is 3.82. The number of nitrogens with two attached hydrogens (primary N) is 1. The predicted octanol–water partition coefficient (Wildman–Crippen LogP) is 0.499. The van der Waals surface area contributed by atoms with Crippen LogP contribution in [0.1, 0.15) is 6.92 Å². The number of nitrogens with zero attached hydrogens (tertiary/aromatic N) is 3. The van der Waals surface area contributed by atoms with E-state index in [-0.39, 0.29) is 0 Å². The van der Waals surface area contributed by atoms with Gasteiger partial charge in [0.25, 0.3) is 0 Å². The second-order valence-electron chi connectivity index (χ2n) is 3.82. The fourth-order valence-electron chi connectivity index (χ4n) is 1.69. The molecule has 0 spiro atoms. The van der Waals surface area contributed by atoms with Gasteiger partial charge < -0.3 is 10.6 Å². The number of halogens is 3. The molecular formula is C9H17F3N4. The van der Waals surface area contributed by atoms with Crippen LogP contribution in [0.25, 0.3) is 0 Å². The minimum absolute atomic E-state index is 0.358. The van der Waals surface area contributed by atoms with E-state index < -0.39 is 12.2 Å². The Morgan fingerprint density at radius 2 is 1.75 bits per heavy atom. The van der Waals surface area contributed by atoms with E-state index in [1.165, 1.54) is 11.8 Å². The van der Waals surface area contributed by atoms with Gasteiger partial charge in [0, 0.05) is 33.2 Å². The molecule has 1 fully saturated rings. The third-order valence-corrected chi connectivity index (χ3v) is 2.89. The number of piperazine rings is 1. The van der Waals surface area contributed by atoms with Crippen molar-refractivity contribution >= 4 is 5.96 Å². The van der Waals surface area contributed by atoms with Gasteiger partial charge in [-0.3, -0.25) is 9.89 Å². The third kappa shape index (κ3) is 3.01. The molecule has 1 aliphatic rings. The van der Waals surface area contributed by atoms with Crippen LogP contribution in [0.3, 0.4) is 0 Å². The number of hydrogen-bond acceptors (Lipinski definition) is 2. The van der Waals surface area contributed by atoms with E-state index in [0.29, 0.717) is 32.1 Å². The van der Waals surface area contributed by atoms with Gasteiger partial charge in [-0.05, 0) is 6.92 Å². The quantitative estimate of drug-likeness (QED) is 0.534. The number of rotatable bonds is 1. The van der Waals surface area contributed by atoms with Crippen LogP contribution < -0.4 is 5.73 Å². The summed E-state index contributed by atoms with van der Waals surface area (Å²) in [4.78, 5) is 7.02. The molecule has 0 radical (unpaired) electrons. The van der Waals surface area contributed by atoms with Crippen LogP contribution in [0.4, 0.5) is 13.2 Å². The number of alkyl halides is 3. The summed E-state index contributed by atoms with van der Waals surface area (Å²) in [5.41, 5.74) is 5.59. The van der Waals surface area contributed by atoms with Crippen molar-refractivity contribution in [2.45, 2.75) is 19.1 Å². The molecule has 0 saturated carbocycles. The molecule has 1 atom stereocenters. The number of hydrogen-bond donors (Lipinski definition) is 1. The van der Waals surface area contributed by atoms with E-state index in [9.17, 15) is 13.2 Å². The molecule has 0 aromatic rings. The molecule has 1 saturated heterocycles. The molecule has 0 bridgehead atoms. The van der Waals surface area contributed by atoms with Crippen molar-refractivity contribution in [1.82, 2.24) is 9.80 Å². The van der Waals surface area contributed by atoms with Crippen LogP contribution in [0.15, 0.2) is 4.99 Å². The summed E-state index contributed by atoms with van der Waals surface area (Å²) in [6.45, 7) is 2.88. The Hall–Kier alpha value is -0.980. The van der Waals surface area contributed by atoms with Gasteiger partial charge in [0.1, 0.15) is 6.04 Å². The van der Waals surface area contributed by atoms with E-state index in [1.807, 2.05) is 0 Å². The summed E-state index contributed by atoms with van der Waals surface area (Å²) in [5.74, 6) is 0.388. The second kappa shape index (κ2) is 4.90. The largest absolute Gasteiger partial charge is 0.403 e. The SMILES string of the molecule is CN=C(N)N1CCN(C(C)C(F)(F)F)CC1. The highest BCUT2D eigenvalue weighted by molar-refractivity contribution is 5.77. The molecule has 16 heavy (non-hydrogen) atoms. The highest BCUT2D eigenvalue weighted by Crippen LogP contribution is 2.25. The smallest absolute Gasteiger partial charge is 0.370 e. The molecule has 1 heterocycles. The summed E-state index contributed by atoms with van der Waals surface area (Å²) in [7, 11) is 1.57. The Morgan fingerprint density at radius 1 is 1.25 bits per heavy atom. The van der Waals surface area contributed by atoms with Crippen LogP contribution in [0, 0.1) is 0 Å². The normalized spacial score (nSPS) is 22.3. The van der Waals surface area contributed by atoms with Gasteiger partial charge in [-0.2, -0.15) is 13.2 Å². The Labute approximate surface area is 92.9 Å². The molecule has 94 valence electrons. The van der Waals surface area contributed by atoms with Gasteiger partial charge in [0.2, 0.25) is 0 Å². The molecule has 1 unspecified atom stereocenters. The zero-order valence-corrected chi connectivity index (χ0v) is 9.46. The van der Waals surface area contributed by atoms with Gasteiger partial charge in [0.05, 0.1) is 0 Å². The van der Waals surface area contributed by atoms with Crippen LogP contribution in [-0.4, -0.2) is 61.2 Å². The predicted molar refractivity (Wildman–Crippen MR) is 56.2 cm³/mol. The first-order chi connectivity index (χ1) is 7.36. The molecule has 7 heteroatoms. The molecule has 4 nitrogen and oxygen atoms in total. The highest BCUT2D eigenvalue weighted by Gasteiger charge is 2.40. The average molecular weight is 238 g/mol. The van der Waals surface area contributed by atoms with E-state index >= 15 is 0 Å². The minimum Gasteiger partial charge on any atom is -0.370 e. The maximum Gasteiger partial charge on any atom is 0.403 e. The van der Waals surface area contributed by atoms with Crippen molar-refractivity contribution < 1.29 is 13.2 Å². The van der Waals surface area contributed by atoms with Gasteiger partial charge in [-0.15, -0.1) is 0 Å². The van der Waals surface area contributed by atoms with Gasteiger partial charge in [0.15, 0.2) is 5.96 Å². The van der Waals surface area contributed by atoms with Crippen LogP contribution in [0.5, 0.6) is 0 Å². The maximum absolute atomic E-state index is 12.5. The lowest BCUT2D eigenvalue weighted by atomic mass is 10.2. The van der Waals surface area contributed by atoms with Crippen LogP contribution >= 0.6 is 0 Å². The van der Waals surface area contributed by atoms with E-state index in [0.717, 1.165) is 0 Å². The summed E-state index contributed by atoms with van der Waals surface area (Å²) in [5, 5.41) is 0. The molecule has 1 rings (SSSR count). The van der Waals surface area contributed by atoms with Crippen LogP contribution in [-0.2, 0) is 0 Å². The van der Waals surface area contributed by atoms with E-state index in [4.69, 9.17) is 5.73 Å². The Morgan fingerprint density at radius 3 is 2.12 bits per heavy atom. The van der Waals surface area contributed by atoms with Crippen molar-refractivity contribution in [2.24, 2.45) is 10.7 Å². The average Bonchev–Trinajstić information content (AvgIpc) is 2.26. The van der Waals surface area contributed by atoms with Crippen molar-refractivity contribution in [2.75, 3.05) is 33.2 Å². The molecule has 0 aliphatic carbocycles. The summed E-state index contributed by atoms with van der Waals surface area (Å²) < 4.78 is 37.4. The number of guanidine groups is 1.